The van der Waals surface area contributed by atoms with Crippen LogP contribution in [0.15, 0.2) is 255 Å². The lowest BCUT2D eigenvalue weighted by Crippen LogP contribution is -2.31. The molecule has 0 aliphatic heterocycles. The second-order valence-electron chi connectivity index (χ2n) is 19.8. The molecule has 0 aliphatic carbocycles. The molecule has 0 radical (unpaired) electrons. The van der Waals surface area contributed by atoms with Crippen molar-refractivity contribution in [3.05, 3.63) is 267 Å². The molecule has 0 atom stereocenters. The predicted molar refractivity (Wildman–Crippen MR) is 312 cm³/mol. The van der Waals surface area contributed by atoms with Crippen molar-refractivity contribution in [3.8, 4) is 67.8 Å². The average molecular weight is 988 g/mol. The van der Waals surface area contributed by atoms with Crippen LogP contribution in [0.5, 0.6) is 11.5 Å². The van der Waals surface area contributed by atoms with Crippen molar-refractivity contribution in [2.24, 2.45) is 0 Å². The number of hydrogen-bond donors (Lipinski definition) is 0. The minimum Gasteiger partial charge on any atom is -0.458 e. The topological polar surface area (TPSA) is 40.8 Å². The summed E-state index contributed by atoms with van der Waals surface area (Å²) in [5.74, 6) is 1.83. The van der Waals surface area contributed by atoms with Gasteiger partial charge in [-0.2, -0.15) is 0 Å². The molecule has 4 heterocycles. The number of imidazole rings is 1. The van der Waals surface area contributed by atoms with Crippen LogP contribution >= 0.6 is 0 Å². The van der Waals surface area contributed by atoms with Gasteiger partial charge in [0.15, 0.2) is 0 Å². The molecule has 0 N–H and O–H groups in total. The van der Waals surface area contributed by atoms with Crippen LogP contribution in [-0.2, 0) is 5.41 Å². The predicted octanol–water partition coefficient (Wildman–Crippen LogP) is 17.4. The van der Waals surface area contributed by atoms with Gasteiger partial charge in [0.2, 0.25) is 0 Å². The number of pyridine rings is 1. The van der Waals surface area contributed by atoms with Gasteiger partial charge in [0.1, 0.15) is 17.3 Å². The van der Waals surface area contributed by atoms with Crippen molar-refractivity contribution in [1.82, 2.24) is 18.7 Å². The Morgan fingerprint density at radius 1 is 0.474 bits per heavy atom. The van der Waals surface area contributed by atoms with Gasteiger partial charge >= 0.3 is 0 Å². The quantitative estimate of drug-likeness (QED) is 0.107. The Morgan fingerprint density at radius 2 is 1.11 bits per heavy atom. The third kappa shape index (κ3) is 7.56. The van der Waals surface area contributed by atoms with Crippen LogP contribution in [0.25, 0.3) is 111 Å². The van der Waals surface area contributed by atoms with Gasteiger partial charge in [-0.3, -0.25) is 13.7 Å². The van der Waals surface area contributed by atoms with E-state index in [4.69, 9.17) is 23.4 Å². The maximum absolute atomic E-state index is 9.10. The Kier molecular flexibility index (Phi) is 8.38. The van der Waals surface area contributed by atoms with Crippen LogP contribution in [0.1, 0.15) is 40.0 Å². The van der Waals surface area contributed by atoms with E-state index < -0.39 is 60.4 Å². The van der Waals surface area contributed by atoms with Crippen LogP contribution < -0.4 is 9.30 Å². The molecule has 4 aromatic heterocycles. The zero-order valence-electron chi connectivity index (χ0n) is 51.6. The normalized spacial score (nSPS) is 13.7. The molecular weight excluding hydrogens is 927 g/mol. The van der Waals surface area contributed by atoms with Crippen molar-refractivity contribution in [2.75, 3.05) is 0 Å². The first-order chi connectivity index (χ1) is 41.5. The Hall–Kier alpha value is -9.78. The van der Waals surface area contributed by atoms with Gasteiger partial charge < -0.3 is 9.30 Å². The molecule has 0 saturated carbocycles. The molecule has 6 nitrogen and oxygen atoms in total. The number of fused-ring (bicyclic) bond motifs is 7. The molecule has 14 aromatic rings. The number of hydrogen-bond acceptors (Lipinski definition) is 2. The van der Waals surface area contributed by atoms with E-state index in [1.807, 2.05) is 72.9 Å². The molecular formula is C70H51N5O. The molecule has 0 spiro atoms. The smallest absolute Gasteiger partial charge is 0.269 e. The summed E-state index contributed by atoms with van der Waals surface area (Å²) in [6.07, 6.45) is 5.34. The van der Waals surface area contributed by atoms with E-state index in [9.17, 15) is 0 Å². The van der Waals surface area contributed by atoms with E-state index in [1.54, 1.807) is 27.3 Å². The van der Waals surface area contributed by atoms with Crippen molar-refractivity contribution < 1.29 is 23.0 Å². The highest BCUT2D eigenvalue weighted by Crippen LogP contribution is 2.42. The van der Waals surface area contributed by atoms with Gasteiger partial charge in [0, 0.05) is 45.1 Å². The van der Waals surface area contributed by atoms with Crippen LogP contribution in [0.4, 0.5) is 0 Å². The summed E-state index contributed by atoms with van der Waals surface area (Å²) < 4.78 is 103. The number of nitrogens with zero attached hydrogens (tertiary/aromatic N) is 5. The van der Waals surface area contributed by atoms with Gasteiger partial charge in [0.25, 0.3) is 6.33 Å². The minimum absolute atomic E-state index is 0.136. The Balaban J connectivity index is 0.921. The van der Waals surface area contributed by atoms with E-state index in [1.165, 1.54) is 10.8 Å². The van der Waals surface area contributed by atoms with E-state index in [2.05, 4.69) is 139 Å². The molecule has 76 heavy (non-hydrogen) atoms. The first-order valence-corrected chi connectivity index (χ1v) is 25.1. The highest BCUT2D eigenvalue weighted by Gasteiger charge is 2.23. The summed E-state index contributed by atoms with van der Waals surface area (Å²) in [5, 5.41) is 4.39. The molecule has 0 saturated heterocycles. The SMILES string of the molecule is [2H]c1c([2H])c([2H])c(-c2cccc(-c3c([2H])c([2H])c([2H])c([2H])c3[2H])c2-[n+]2[c-]n(-c3cccc(Oc4ccc5c6cc(-c7cccc8c9ccccc9n(-c9ccccc9)c78)ccc6n(-c6cc(C(C)(C)C)ccn6)c5c4)c3)c3ccccc32)c([2H])c1[2H]. The lowest BCUT2D eigenvalue weighted by atomic mass is 9.88. The van der Waals surface area contributed by atoms with Gasteiger partial charge in [-0.05, 0) is 112 Å². The highest BCUT2D eigenvalue weighted by atomic mass is 16.5. The molecule has 14 rings (SSSR count). The Morgan fingerprint density at radius 3 is 1.88 bits per heavy atom. The highest BCUT2D eigenvalue weighted by molar-refractivity contribution is 6.15. The molecule has 10 aromatic carbocycles. The summed E-state index contributed by atoms with van der Waals surface area (Å²) >= 11 is 0. The lowest BCUT2D eigenvalue weighted by molar-refractivity contribution is -0.571. The molecule has 0 bridgehead atoms. The number of para-hydroxylation sites is 6. The van der Waals surface area contributed by atoms with E-state index in [0.717, 1.165) is 61.0 Å². The summed E-state index contributed by atoms with van der Waals surface area (Å²) in [5.41, 5.74) is 10.4. The van der Waals surface area contributed by atoms with Crippen LogP contribution in [0.2, 0.25) is 0 Å². The number of benzene rings is 10. The molecule has 0 amide bonds. The summed E-state index contributed by atoms with van der Waals surface area (Å²) in [6.45, 7) is 6.58. The van der Waals surface area contributed by atoms with Gasteiger partial charge in [-0.1, -0.05) is 190 Å². The van der Waals surface area contributed by atoms with Crippen molar-refractivity contribution in [2.45, 2.75) is 26.2 Å². The minimum atomic E-state index is -0.571. The maximum Gasteiger partial charge on any atom is 0.269 e. The van der Waals surface area contributed by atoms with Crippen molar-refractivity contribution in [3.63, 3.8) is 0 Å². The second-order valence-corrected chi connectivity index (χ2v) is 19.8. The fourth-order valence-electron chi connectivity index (χ4n) is 10.8. The molecule has 0 aliphatic rings. The zero-order valence-corrected chi connectivity index (χ0v) is 41.6. The molecule has 6 heteroatoms. The Bertz CT molecular complexity index is 5010. The number of ether oxygens (including phenoxy) is 1. The lowest BCUT2D eigenvalue weighted by Gasteiger charge is -2.20. The third-order valence-electron chi connectivity index (χ3n) is 14.3. The van der Waals surface area contributed by atoms with E-state index >= 15 is 0 Å². The largest absolute Gasteiger partial charge is 0.458 e. The monoisotopic (exact) mass is 987 g/mol. The average Bonchev–Trinajstić information content (AvgIpc) is 1.53. The van der Waals surface area contributed by atoms with Crippen LogP contribution in [0.3, 0.4) is 0 Å². The molecule has 0 unspecified atom stereocenters. The van der Waals surface area contributed by atoms with Crippen molar-refractivity contribution >= 4 is 54.6 Å². The fraction of sp³-hybridized carbons (Fsp3) is 0.0571. The van der Waals surface area contributed by atoms with Crippen molar-refractivity contribution in [1.29, 1.82) is 0 Å². The van der Waals surface area contributed by atoms with Gasteiger partial charge in [-0.25, -0.2) is 4.98 Å². The first-order valence-electron chi connectivity index (χ1n) is 30.1. The summed E-state index contributed by atoms with van der Waals surface area (Å²) in [6, 6.07) is 57.1. The fourth-order valence-corrected chi connectivity index (χ4v) is 10.8. The van der Waals surface area contributed by atoms with E-state index in [-0.39, 0.29) is 33.4 Å². The first kappa shape index (κ1) is 35.4. The maximum atomic E-state index is 9.10. The molecule has 362 valence electrons. The standard InChI is InChI=1S/C70H51N5O/c1-70(2,3)50-40-41-71-67(43-50)75-63-39-36-49(57-31-19-32-60-58-28-13-14-33-62(58)74(69(57)60)51-24-11-6-12-25-51)42-61(63)59-38-37-54(45-66(59)75)76-53-27-17-26-52(44-53)72-46-73(65-35-16-15-34-64(65)72)68-55(47-20-7-4-8-21-47)29-18-30-56(68)48-22-9-5-10-23-48/h4-45H,1-3H3/i4D,5D,7D,8D,9D,10D,20D,21D,22D,23D. The number of aromatic nitrogens is 5. The zero-order chi connectivity index (χ0) is 59.6. The molecule has 0 fully saturated rings. The summed E-state index contributed by atoms with van der Waals surface area (Å²) in [7, 11) is 0. The van der Waals surface area contributed by atoms with Gasteiger partial charge in [-0.15, -0.1) is 0 Å². The van der Waals surface area contributed by atoms with Gasteiger partial charge in [0.05, 0.1) is 58.2 Å². The Labute approximate surface area is 455 Å². The summed E-state index contributed by atoms with van der Waals surface area (Å²) in [4.78, 5) is 5.00. The van der Waals surface area contributed by atoms with E-state index in [0.29, 0.717) is 28.2 Å². The second kappa shape index (κ2) is 18.0. The number of rotatable bonds is 9. The van der Waals surface area contributed by atoms with Crippen LogP contribution in [-0.4, -0.2) is 18.7 Å². The third-order valence-corrected chi connectivity index (χ3v) is 14.3. The van der Waals surface area contributed by atoms with Crippen LogP contribution in [0, 0.1) is 6.33 Å².